The number of carbonyl (C=O) groups excluding carboxylic acids is 1. The Labute approximate surface area is 97.6 Å². The second-order valence-electron chi connectivity index (χ2n) is 5.17. The molecule has 0 radical (unpaired) electrons. The third-order valence-corrected chi connectivity index (χ3v) is 3.05. The highest BCUT2D eigenvalue weighted by atomic mass is 16.2. The quantitative estimate of drug-likeness (QED) is 0.780. The molecular formula is C12H21N3O. The van der Waals surface area contributed by atoms with E-state index in [1.807, 2.05) is 20.8 Å². The molecule has 90 valence electrons. The molecule has 1 rings (SSSR count). The molecule has 4 nitrogen and oxygen atoms in total. The van der Waals surface area contributed by atoms with Gasteiger partial charge >= 0.3 is 0 Å². The van der Waals surface area contributed by atoms with Crippen LogP contribution in [0.3, 0.4) is 0 Å². The van der Waals surface area contributed by atoms with Gasteiger partial charge in [0.05, 0.1) is 18.0 Å². The van der Waals surface area contributed by atoms with Crippen LogP contribution < -0.4 is 5.32 Å². The summed E-state index contributed by atoms with van der Waals surface area (Å²) in [4.78, 5) is 13.7. The minimum absolute atomic E-state index is 0.0792. The summed E-state index contributed by atoms with van der Waals surface area (Å²) in [6.07, 6.45) is 1.72. The Balaban J connectivity index is 2.33. The van der Waals surface area contributed by atoms with E-state index in [9.17, 15) is 4.79 Å². The van der Waals surface area contributed by atoms with Gasteiger partial charge in [-0.05, 0) is 33.6 Å². The second kappa shape index (κ2) is 5.31. The van der Waals surface area contributed by atoms with E-state index < -0.39 is 0 Å². The molecule has 0 saturated carbocycles. The van der Waals surface area contributed by atoms with Crippen LogP contribution in [0, 0.1) is 16.7 Å². The monoisotopic (exact) mass is 223 g/mol. The summed E-state index contributed by atoms with van der Waals surface area (Å²) in [6.45, 7) is 8.06. The largest absolute Gasteiger partial charge is 0.353 e. The lowest BCUT2D eigenvalue weighted by atomic mass is 9.82. The van der Waals surface area contributed by atoms with E-state index in [4.69, 9.17) is 5.26 Å². The van der Waals surface area contributed by atoms with Crippen molar-refractivity contribution in [3.63, 3.8) is 0 Å². The van der Waals surface area contributed by atoms with Gasteiger partial charge in [-0.2, -0.15) is 5.26 Å². The molecule has 1 heterocycles. The Morgan fingerprint density at radius 3 is 2.50 bits per heavy atom. The zero-order valence-electron chi connectivity index (χ0n) is 10.4. The maximum Gasteiger partial charge on any atom is 0.234 e. The molecule has 0 atom stereocenters. The van der Waals surface area contributed by atoms with Crippen LogP contribution in [0.5, 0.6) is 0 Å². The van der Waals surface area contributed by atoms with Gasteiger partial charge in [-0.25, -0.2) is 0 Å². The first-order valence-electron chi connectivity index (χ1n) is 5.88. The van der Waals surface area contributed by atoms with E-state index in [-0.39, 0.29) is 17.4 Å². The standard InChI is InChI=1S/C12H21N3O/c1-10(2)14-11(16)8-15-6-4-12(3,9-13)5-7-15/h10H,4-8H2,1-3H3,(H,14,16). The van der Waals surface area contributed by atoms with Crippen LogP contribution in [0.15, 0.2) is 0 Å². The molecule has 0 aliphatic carbocycles. The van der Waals surface area contributed by atoms with Crippen molar-refractivity contribution >= 4 is 5.91 Å². The molecule has 0 aromatic carbocycles. The minimum atomic E-state index is -0.189. The van der Waals surface area contributed by atoms with Crippen molar-refractivity contribution in [1.29, 1.82) is 5.26 Å². The van der Waals surface area contributed by atoms with E-state index in [0.29, 0.717) is 6.54 Å². The van der Waals surface area contributed by atoms with Crippen molar-refractivity contribution in [2.45, 2.75) is 39.7 Å². The Kier molecular flexibility index (Phi) is 4.31. The molecule has 1 aliphatic heterocycles. The summed E-state index contributed by atoms with van der Waals surface area (Å²) in [6, 6.07) is 2.56. The summed E-state index contributed by atoms with van der Waals surface area (Å²) in [5.74, 6) is 0.0792. The van der Waals surface area contributed by atoms with E-state index in [1.54, 1.807) is 0 Å². The normalized spacial score (nSPS) is 20.4. The number of nitriles is 1. The molecule has 4 heteroatoms. The number of nitrogens with zero attached hydrogens (tertiary/aromatic N) is 2. The maximum atomic E-state index is 11.5. The number of rotatable bonds is 3. The topological polar surface area (TPSA) is 56.1 Å². The Morgan fingerprint density at radius 2 is 2.06 bits per heavy atom. The number of nitrogens with one attached hydrogen (secondary N) is 1. The molecule has 0 aromatic rings. The van der Waals surface area contributed by atoms with Crippen LogP contribution in [0.4, 0.5) is 0 Å². The van der Waals surface area contributed by atoms with Gasteiger partial charge in [-0.3, -0.25) is 9.69 Å². The predicted molar refractivity (Wildman–Crippen MR) is 62.7 cm³/mol. The van der Waals surface area contributed by atoms with Crippen LogP contribution >= 0.6 is 0 Å². The Morgan fingerprint density at radius 1 is 1.50 bits per heavy atom. The molecule has 0 spiro atoms. The number of hydrogen-bond donors (Lipinski definition) is 1. The number of carbonyl (C=O) groups is 1. The first-order chi connectivity index (χ1) is 7.45. The third-order valence-electron chi connectivity index (χ3n) is 3.05. The van der Waals surface area contributed by atoms with Crippen molar-refractivity contribution in [2.24, 2.45) is 5.41 Å². The molecule has 1 saturated heterocycles. The molecular weight excluding hydrogens is 202 g/mol. The fourth-order valence-electron chi connectivity index (χ4n) is 1.89. The first kappa shape index (κ1) is 13.0. The van der Waals surface area contributed by atoms with Crippen LogP contribution in [0.2, 0.25) is 0 Å². The molecule has 0 aromatic heterocycles. The second-order valence-corrected chi connectivity index (χ2v) is 5.17. The molecule has 1 aliphatic rings. The predicted octanol–water partition coefficient (Wildman–Crippen LogP) is 1.14. The smallest absolute Gasteiger partial charge is 0.234 e. The Hall–Kier alpha value is -1.08. The first-order valence-corrected chi connectivity index (χ1v) is 5.88. The summed E-state index contributed by atoms with van der Waals surface area (Å²) in [7, 11) is 0. The van der Waals surface area contributed by atoms with Gasteiger partial charge < -0.3 is 5.32 Å². The lowest BCUT2D eigenvalue weighted by Gasteiger charge is -2.34. The molecule has 0 unspecified atom stereocenters. The van der Waals surface area contributed by atoms with E-state index in [1.165, 1.54) is 0 Å². The molecule has 1 N–H and O–H groups in total. The number of hydrogen-bond acceptors (Lipinski definition) is 3. The van der Waals surface area contributed by atoms with Crippen molar-refractivity contribution < 1.29 is 4.79 Å². The fraction of sp³-hybridized carbons (Fsp3) is 0.833. The average molecular weight is 223 g/mol. The summed E-state index contributed by atoms with van der Waals surface area (Å²) in [5, 5.41) is 11.9. The van der Waals surface area contributed by atoms with Gasteiger partial charge in [0, 0.05) is 19.1 Å². The van der Waals surface area contributed by atoms with Crippen molar-refractivity contribution in [3.8, 4) is 6.07 Å². The van der Waals surface area contributed by atoms with E-state index in [0.717, 1.165) is 25.9 Å². The van der Waals surface area contributed by atoms with Gasteiger partial charge in [0.25, 0.3) is 0 Å². The highest BCUT2D eigenvalue weighted by Gasteiger charge is 2.30. The van der Waals surface area contributed by atoms with Gasteiger partial charge in [-0.15, -0.1) is 0 Å². The van der Waals surface area contributed by atoms with Crippen molar-refractivity contribution in [2.75, 3.05) is 19.6 Å². The maximum absolute atomic E-state index is 11.5. The van der Waals surface area contributed by atoms with Crippen LogP contribution in [-0.4, -0.2) is 36.5 Å². The number of piperidine rings is 1. The van der Waals surface area contributed by atoms with Crippen molar-refractivity contribution in [1.82, 2.24) is 10.2 Å². The van der Waals surface area contributed by atoms with Crippen LogP contribution in [0.25, 0.3) is 0 Å². The van der Waals surface area contributed by atoms with Gasteiger partial charge in [0.2, 0.25) is 5.91 Å². The summed E-state index contributed by atoms with van der Waals surface area (Å²) < 4.78 is 0. The third kappa shape index (κ3) is 3.82. The lowest BCUT2D eigenvalue weighted by molar-refractivity contribution is -0.123. The number of likely N-dealkylation sites (tertiary alicyclic amines) is 1. The highest BCUT2D eigenvalue weighted by Crippen LogP contribution is 2.29. The Bertz CT molecular complexity index is 285. The minimum Gasteiger partial charge on any atom is -0.353 e. The fourth-order valence-corrected chi connectivity index (χ4v) is 1.89. The van der Waals surface area contributed by atoms with Crippen molar-refractivity contribution in [3.05, 3.63) is 0 Å². The summed E-state index contributed by atoms with van der Waals surface area (Å²) >= 11 is 0. The zero-order valence-corrected chi connectivity index (χ0v) is 10.4. The highest BCUT2D eigenvalue weighted by molar-refractivity contribution is 5.78. The van der Waals surface area contributed by atoms with E-state index in [2.05, 4.69) is 16.3 Å². The molecule has 16 heavy (non-hydrogen) atoms. The van der Waals surface area contributed by atoms with Gasteiger partial charge in [0.1, 0.15) is 0 Å². The van der Waals surface area contributed by atoms with Crippen LogP contribution in [-0.2, 0) is 4.79 Å². The SMILES string of the molecule is CC(C)NC(=O)CN1CCC(C)(C#N)CC1. The zero-order chi connectivity index (χ0) is 12.2. The lowest BCUT2D eigenvalue weighted by Crippen LogP contribution is -2.45. The van der Waals surface area contributed by atoms with Gasteiger partial charge in [0.15, 0.2) is 0 Å². The molecule has 1 fully saturated rings. The number of amides is 1. The van der Waals surface area contributed by atoms with Gasteiger partial charge in [-0.1, -0.05) is 0 Å². The van der Waals surface area contributed by atoms with Crippen LogP contribution in [0.1, 0.15) is 33.6 Å². The molecule has 1 amide bonds. The van der Waals surface area contributed by atoms with E-state index >= 15 is 0 Å². The molecule has 0 bridgehead atoms. The summed E-state index contributed by atoms with van der Waals surface area (Å²) in [5.41, 5.74) is -0.189. The average Bonchev–Trinajstić information content (AvgIpc) is 2.21.